The Morgan fingerprint density at radius 1 is 1.03 bits per heavy atom. The molecule has 0 radical (unpaired) electrons. The lowest BCUT2D eigenvalue weighted by Crippen LogP contribution is -2.36. The number of morpholine rings is 1. The van der Waals surface area contributed by atoms with E-state index in [1.54, 1.807) is 12.3 Å². The van der Waals surface area contributed by atoms with Crippen molar-refractivity contribution in [2.75, 3.05) is 43.1 Å². The third-order valence-electron chi connectivity index (χ3n) is 4.98. The summed E-state index contributed by atoms with van der Waals surface area (Å²) in [7, 11) is 0. The van der Waals surface area contributed by atoms with Gasteiger partial charge in [-0.15, -0.1) is 0 Å². The van der Waals surface area contributed by atoms with E-state index in [4.69, 9.17) is 9.47 Å². The largest absolute Gasteiger partial charge is 0.483 e. The van der Waals surface area contributed by atoms with Crippen LogP contribution in [0.25, 0.3) is 0 Å². The normalized spacial score (nSPS) is 13.8. The fourth-order valence-corrected chi connectivity index (χ4v) is 3.31. The number of amides is 1. The van der Waals surface area contributed by atoms with Gasteiger partial charge in [0.25, 0.3) is 5.91 Å². The number of hydrogen-bond donors (Lipinski definition) is 1. The van der Waals surface area contributed by atoms with Crippen LogP contribution in [0, 0.1) is 5.82 Å². The average molecular weight is 433 g/mol. The average Bonchev–Trinajstić information content (AvgIpc) is 2.84. The van der Waals surface area contributed by atoms with Crippen molar-refractivity contribution in [3.05, 3.63) is 84.2 Å². The third kappa shape index (κ3) is 5.92. The molecule has 32 heavy (non-hydrogen) atoms. The molecule has 1 heterocycles. The SMILES string of the molecule is O=C(COc1ccccc1C=Nc1ccc(N2CCOCC2)cc1)Nc1ccc(F)cc1. The van der Waals surface area contributed by atoms with Gasteiger partial charge in [-0.1, -0.05) is 12.1 Å². The number of nitrogens with one attached hydrogen (secondary N) is 1. The fourth-order valence-electron chi connectivity index (χ4n) is 3.31. The molecule has 0 spiro atoms. The van der Waals surface area contributed by atoms with Crippen LogP contribution in [0.3, 0.4) is 0 Å². The lowest BCUT2D eigenvalue weighted by Gasteiger charge is -2.28. The minimum absolute atomic E-state index is 0.170. The summed E-state index contributed by atoms with van der Waals surface area (Å²) in [4.78, 5) is 19.0. The van der Waals surface area contributed by atoms with E-state index in [0.29, 0.717) is 11.4 Å². The molecule has 4 rings (SSSR count). The summed E-state index contributed by atoms with van der Waals surface area (Å²) >= 11 is 0. The van der Waals surface area contributed by atoms with Crippen LogP contribution in [0.4, 0.5) is 21.5 Å². The minimum Gasteiger partial charge on any atom is -0.483 e. The van der Waals surface area contributed by atoms with Gasteiger partial charge in [0.15, 0.2) is 6.61 Å². The predicted octanol–water partition coefficient (Wildman–Crippen LogP) is 4.43. The van der Waals surface area contributed by atoms with Crippen LogP contribution in [-0.4, -0.2) is 45.0 Å². The highest BCUT2D eigenvalue weighted by atomic mass is 19.1. The second-order valence-corrected chi connectivity index (χ2v) is 7.26. The Labute approximate surface area is 186 Å². The molecular weight excluding hydrogens is 409 g/mol. The number of anilines is 2. The van der Waals surface area contributed by atoms with Crippen molar-refractivity contribution in [2.24, 2.45) is 4.99 Å². The lowest BCUT2D eigenvalue weighted by molar-refractivity contribution is -0.118. The molecule has 1 aliphatic heterocycles. The maximum Gasteiger partial charge on any atom is 0.262 e. The Bertz CT molecular complexity index is 1060. The first-order valence-corrected chi connectivity index (χ1v) is 10.4. The van der Waals surface area contributed by atoms with Gasteiger partial charge in [0.05, 0.1) is 18.9 Å². The van der Waals surface area contributed by atoms with Gasteiger partial charge in [-0.25, -0.2) is 4.39 Å². The highest BCUT2D eigenvalue weighted by Gasteiger charge is 2.11. The Hall–Kier alpha value is -3.71. The maximum absolute atomic E-state index is 13.0. The Morgan fingerprint density at radius 2 is 1.75 bits per heavy atom. The number of rotatable bonds is 7. The lowest BCUT2D eigenvalue weighted by atomic mass is 10.2. The molecule has 1 fully saturated rings. The van der Waals surface area contributed by atoms with Crippen molar-refractivity contribution in [1.82, 2.24) is 0 Å². The molecule has 3 aromatic rings. The molecule has 0 unspecified atom stereocenters. The summed E-state index contributed by atoms with van der Waals surface area (Å²) in [6, 6.07) is 21.0. The second kappa shape index (κ2) is 10.5. The van der Waals surface area contributed by atoms with Crippen molar-refractivity contribution in [3.63, 3.8) is 0 Å². The van der Waals surface area contributed by atoms with Gasteiger partial charge in [-0.2, -0.15) is 0 Å². The number of ether oxygens (including phenoxy) is 2. The summed E-state index contributed by atoms with van der Waals surface area (Å²) in [6.07, 6.45) is 1.72. The highest BCUT2D eigenvalue weighted by Crippen LogP contribution is 2.22. The molecular formula is C25H24FN3O3. The molecule has 0 aliphatic carbocycles. The Kier molecular flexibility index (Phi) is 7.09. The first kappa shape index (κ1) is 21.5. The first-order valence-electron chi connectivity index (χ1n) is 10.4. The van der Waals surface area contributed by atoms with Gasteiger partial charge in [-0.3, -0.25) is 9.79 Å². The van der Waals surface area contributed by atoms with Crippen molar-refractivity contribution < 1.29 is 18.7 Å². The van der Waals surface area contributed by atoms with Gasteiger partial charge in [0.1, 0.15) is 11.6 Å². The van der Waals surface area contributed by atoms with Crippen LogP contribution in [0.5, 0.6) is 5.75 Å². The zero-order valence-corrected chi connectivity index (χ0v) is 17.5. The van der Waals surface area contributed by atoms with Gasteiger partial charge in [-0.05, 0) is 60.7 Å². The number of halogens is 1. The van der Waals surface area contributed by atoms with E-state index >= 15 is 0 Å². The molecule has 3 aromatic carbocycles. The zero-order valence-electron chi connectivity index (χ0n) is 17.5. The third-order valence-corrected chi connectivity index (χ3v) is 4.98. The van der Waals surface area contributed by atoms with Crippen LogP contribution in [0.15, 0.2) is 77.8 Å². The van der Waals surface area contributed by atoms with Crippen molar-refractivity contribution in [1.29, 1.82) is 0 Å². The molecule has 0 atom stereocenters. The summed E-state index contributed by atoms with van der Waals surface area (Å²) in [5.74, 6) is -0.138. The van der Waals surface area contributed by atoms with E-state index in [1.807, 2.05) is 30.3 Å². The van der Waals surface area contributed by atoms with Crippen molar-refractivity contribution in [3.8, 4) is 5.75 Å². The monoisotopic (exact) mass is 433 g/mol. The molecule has 7 heteroatoms. The maximum atomic E-state index is 13.0. The minimum atomic E-state index is -0.358. The molecule has 1 saturated heterocycles. The van der Waals surface area contributed by atoms with E-state index in [0.717, 1.165) is 43.2 Å². The van der Waals surface area contributed by atoms with Crippen LogP contribution in [-0.2, 0) is 9.53 Å². The molecule has 1 amide bonds. The van der Waals surface area contributed by atoms with E-state index < -0.39 is 0 Å². The quantitative estimate of drug-likeness (QED) is 0.560. The summed E-state index contributed by atoms with van der Waals surface area (Å²) in [5.41, 5.74) is 3.25. The number of carbonyl (C=O) groups is 1. The highest BCUT2D eigenvalue weighted by molar-refractivity contribution is 5.92. The van der Waals surface area contributed by atoms with Crippen LogP contribution in [0.1, 0.15) is 5.56 Å². The number of aliphatic imine (C=N–C) groups is 1. The first-order chi connectivity index (χ1) is 15.7. The number of carbonyl (C=O) groups excluding carboxylic acids is 1. The zero-order chi connectivity index (χ0) is 22.2. The smallest absolute Gasteiger partial charge is 0.262 e. The van der Waals surface area contributed by atoms with Crippen molar-refractivity contribution in [2.45, 2.75) is 0 Å². The fraction of sp³-hybridized carbons (Fsp3) is 0.200. The van der Waals surface area contributed by atoms with E-state index in [1.165, 1.54) is 24.3 Å². The number of hydrogen-bond acceptors (Lipinski definition) is 5. The van der Waals surface area contributed by atoms with Gasteiger partial charge in [0, 0.05) is 36.2 Å². The van der Waals surface area contributed by atoms with Gasteiger partial charge < -0.3 is 19.7 Å². The number of nitrogens with zero attached hydrogens (tertiary/aromatic N) is 2. The molecule has 0 aromatic heterocycles. The van der Waals surface area contributed by atoms with E-state index in [-0.39, 0.29) is 18.3 Å². The van der Waals surface area contributed by atoms with E-state index in [2.05, 4.69) is 27.3 Å². The van der Waals surface area contributed by atoms with E-state index in [9.17, 15) is 9.18 Å². The summed E-state index contributed by atoms with van der Waals surface area (Å²) in [5, 5.41) is 2.67. The topological polar surface area (TPSA) is 63.2 Å². The Balaban J connectivity index is 1.35. The predicted molar refractivity (Wildman–Crippen MR) is 124 cm³/mol. The van der Waals surface area contributed by atoms with Gasteiger partial charge in [0.2, 0.25) is 0 Å². The van der Waals surface area contributed by atoms with Crippen molar-refractivity contribution >= 4 is 29.2 Å². The summed E-state index contributed by atoms with van der Waals surface area (Å²) < 4.78 is 24.1. The van der Waals surface area contributed by atoms with Crippen LogP contribution in [0.2, 0.25) is 0 Å². The molecule has 1 aliphatic rings. The molecule has 164 valence electrons. The molecule has 6 nitrogen and oxygen atoms in total. The molecule has 1 N–H and O–H groups in total. The molecule has 0 saturated carbocycles. The second-order valence-electron chi connectivity index (χ2n) is 7.26. The standard InChI is InChI=1S/C25H24FN3O3/c26-20-5-7-22(8-6-20)28-25(30)18-32-24-4-2-1-3-19(24)17-27-21-9-11-23(12-10-21)29-13-15-31-16-14-29/h1-12,17H,13-16,18H2,(H,28,30). The summed E-state index contributed by atoms with van der Waals surface area (Å²) in [6.45, 7) is 3.11. The number of benzene rings is 3. The van der Waals surface area contributed by atoms with Gasteiger partial charge >= 0.3 is 0 Å². The molecule has 0 bridgehead atoms. The van der Waals surface area contributed by atoms with Crippen LogP contribution >= 0.6 is 0 Å². The Morgan fingerprint density at radius 3 is 2.50 bits per heavy atom. The van der Waals surface area contributed by atoms with Crippen LogP contribution < -0.4 is 15.0 Å². The number of para-hydroxylation sites is 1.